The standard InChI is InChI=1S/C37H28F8O2/c1-2-3-4-5-22-6-8-23(9-7-22)26-18-33(42)36(34(43)19-26)37(44,45)47-27-12-14-29(31(40)20-27)24-10-13-28(30(39)16-24)25-11-15-35(46-21-38)32(41)17-25/h6-20H,2-5,21H2,1H3. The van der Waals surface area contributed by atoms with Gasteiger partial charge in [0.2, 0.25) is 6.86 Å². The zero-order chi connectivity index (χ0) is 33.7. The van der Waals surface area contributed by atoms with Crippen LogP contribution in [0.25, 0.3) is 33.4 Å². The molecule has 0 fully saturated rings. The number of rotatable bonds is 12. The van der Waals surface area contributed by atoms with Crippen LogP contribution < -0.4 is 9.47 Å². The zero-order valence-corrected chi connectivity index (χ0v) is 25.0. The van der Waals surface area contributed by atoms with Crippen LogP contribution in [0.1, 0.15) is 37.3 Å². The molecule has 0 aliphatic heterocycles. The third-order valence-corrected chi connectivity index (χ3v) is 7.61. The van der Waals surface area contributed by atoms with Gasteiger partial charge in [0.15, 0.2) is 11.6 Å². The molecule has 0 aliphatic carbocycles. The molecule has 5 aromatic rings. The van der Waals surface area contributed by atoms with Crippen molar-refractivity contribution in [2.45, 2.75) is 38.7 Å². The number of unbranched alkanes of at least 4 members (excludes halogenated alkanes) is 2. The third kappa shape index (κ3) is 7.59. The van der Waals surface area contributed by atoms with E-state index in [2.05, 4.69) is 16.4 Å². The van der Waals surface area contributed by atoms with E-state index in [-0.39, 0.29) is 33.6 Å². The highest BCUT2D eigenvalue weighted by atomic mass is 19.3. The summed E-state index contributed by atoms with van der Waals surface area (Å²) < 4.78 is 126. The van der Waals surface area contributed by atoms with E-state index in [1.165, 1.54) is 18.2 Å². The summed E-state index contributed by atoms with van der Waals surface area (Å²) in [4.78, 5) is 0. The highest BCUT2D eigenvalue weighted by molar-refractivity contribution is 5.72. The van der Waals surface area contributed by atoms with Crippen molar-refractivity contribution >= 4 is 0 Å². The number of ether oxygens (including phenoxy) is 2. The summed E-state index contributed by atoms with van der Waals surface area (Å²) in [6, 6.07) is 18.0. The molecule has 0 heterocycles. The summed E-state index contributed by atoms with van der Waals surface area (Å²) in [5.41, 5.74) is -0.217. The van der Waals surface area contributed by atoms with Crippen molar-refractivity contribution in [3.8, 4) is 44.9 Å². The van der Waals surface area contributed by atoms with Crippen LogP contribution in [0.2, 0.25) is 0 Å². The Labute approximate surface area is 266 Å². The summed E-state index contributed by atoms with van der Waals surface area (Å²) in [5, 5.41) is 0. The van der Waals surface area contributed by atoms with Crippen molar-refractivity contribution in [2.75, 3.05) is 6.86 Å². The van der Waals surface area contributed by atoms with Crippen LogP contribution >= 0.6 is 0 Å². The maximum atomic E-state index is 15.1. The van der Waals surface area contributed by atoms with Crippen LogP contribution in [0.15, 0.2) is 91.0 Å². The van der Waals surface area contributed by atoms with Gasteiger partial charge in [-0.15, -0.1) is 0 Å². The molecule has 0 aromatic heterocycles. The molecular formula is C37H28F8O2. The lowest BCUT2D eigenvalue weighted by Crippen LogP contribution is -2.25. The monoisotopic (exact) mass is 656 g/mol. The number of halogens is 8. The van der Waals surface area contributed by atoms with Crippen molar-refractivity contribution < 1.29 is 44.6 Å². The van der Waals surface area contributed by atoms with Gasteiger partial charge in [-0.2, -0.15) is 8.78 Å². The molecular weight excluding hydrogens is 628 g/mol. The van der Waals surface area contributed by atoms with Gasteiger partial charge in [-0.1, -0.05) is 62.2 Å². The second-order valence-corrected chi connectivity index (χ2v) is 10.8. The summed E-state index contributed by atoms with van der Waals surface area (Å²) in [6.07, 6.45) is -0.526. The SMILES string of the molecule is CCCCCc1ccc(-c2cc(F)c(C(F)(F)Oc3ccc(-c4ccc(-c5ccc(OCF)c(F)c5)c(F)c4)c(F)c3)c(F)c2)cc1. The number of hydrogen-bond acceptors (Lipinski definition) is 2. The number of aryl methyl sites for hydroxylation is 1. The van der Waals surface area contributed by atoms with Gasteiger partial charge in [0, 0.05) is 17.2 Å². The summed E-state index contributed by atoms with van der Waals surface area (Å²) in [5.74, 6) is -7.04. The molecule has 0 bridgehead atoms. The first-order valence-electron chi connectivity index (χ1n) is 14.7. The van der Waals surface area contributed by atoms with Crippen molar-refractivity contribution in [1.29, 1.82) is 0 Å². The molecule has 47 heavy (non-hydrogen) atoms. The normalized spacial score (nSPS) is 11.5. The average molecular weight is 657 g/mol. The smallest absolute Gasteiger partial charge is 0.432 e. The second kappa shape index (κ2) is 14.3. The van der Waals surface area contributed by atoms with E-state index >= 15 is 13.2 Å². The second-order valence-electron chi connectivity index (χ2n) is 10.8. The first-order chi connectivity index (χ1) is 22.5. The Hall–Kier alpha value is -4.86. The fourth-order valence-electron chi connectivity index (χ4n) is 5.21. The Balaban J connectivity index is 1.33. The van der Waals surface area contributed by atoms with Crippen molar-refractivity contribution in [3.05, 3.63) is 131 Å². The number of alkyl halides is 3. The average Bonchev–Trinajstić information content (AvgIpc) is 3.02. The van der Waals surface area contributed by atoms with Gasteiger partial charge < -0.3 is 9.47 Å². The van der Waals surface area contributed by atoms with Gasteiger partial charge in [0.25, 0.3) is 0 Å². The first kappa shape index (κ1) is 33.5. The molecule has 0 amide bonds. The maximum Gasteiger partial charge on any atom is 0.432 e. The molecule has 0 unspecified atom stereocenters. The minimum Gasteiger partial charge on any atom is -0.460 e. The molecule has 0 N–H and O–H groups in total. The molecule has 0 spiro atoms. The number of hydrogen-bond donors (Lipinski definition) is 0. The molecule has 0 radical (unpaired) electrons. The largest absolute Gasteiger partial charge is 0.460 e. The lowest BCUT2D eigenvalue weighted by molar-refractivity contribution is -0.189. The van der Waals surface area contributed by atoms with Crippen LogP contribution in [0, 0.1) is 29.1 Å². The molecule has 2 nitrogen and oxygen atoms in total. The highest BCUT2D eigenvalue weighted by Crippen LogP contribution is 2.39. The minimum absolute atomic E-state index is 0.0154. The minimum atomic E-state index is -4.52. The molecule has 5 rings (SSSR count). The maximum absolute atomic E-state index is 15.1. The van der Waals surface area contributed by atoms with Crippen LogP contribution in [0.4, 0.5) is 35.1 Å². The Morgan fingerprint density at radius 2 is 1.13 bits per heavy atom. The summed E-state index contributed by atoms with van der Waals surface area (Å²) in [6.45, 7) is 0.843. The zero-order valence-electron chi connectivity index (χ0n) is 25.0. The molecule has 0 atom stereocenters. The topological polar surface area (TPSA) is 18.5 Å². The van der Waals surface area contributed by atoms with Crippen molar-refractivity contribution in [1.82, 2.24) is 0 Å². The molecule has 0 aliphatic rings. The molecule has 0 saturated heterocycles. The lowest BCUT2D eigenvalue weighted by Gasteiger charge is -2.20. The van der Waals surface area contributed by atoms with E-state index in [0.717, 1.165) is 73.7 Å². The fraction of sp³-hybridized carbons (Fsp3) is 0.189. The molecule has 244 valence electrons. The molecule has 0 saturated carbocycles. The van der Waals surface area contributed by atoms with Gasteiger partial charge in [-0.3, -0.25) is 0 Å². The van der Waals surface area contributed by atoms with E-state index in [1.807, 2.05) is 12.1 Å². The van der Waals surface area contributed by atoms with Crippen LogP contribution in [0.5, 0.6) is 11.5 Å². The molecule has 10 heteroatoms. The Morgan fingerprint density at radius 1 is 0.574 bits per heavy atom. The predicted octanol–water partition coefficient (Wildman–Crippen LogP) is 11.5. The Bertz CT molecular complexity index is 1850. The third-order valence-electron chi connectivity index (χ3n) is 7.61. The summed E-state index contributed by atoms with van der Waals surface area (Å²) in [7, 11) is 0. The quantitative estimate of drug-likeness (QED) is 0.0983. The van der Waals surface area contributed by atoms with Gasteiger partial charge in [0.1, 0.15) is 34.6 Å². The van der Waals surface area contributed by atoms with Crippen LogP contribution in [-0.4, -0.2) is 6.86 Å². The van der Waals surface area contributed by atoms with Gasteiger partial charge in [-0.25, -0.2) is 26.3 Å². The van der Waals surface area contributed by atoms with E-state index in [4.69, 9.17) is 0 Å². The van der Waals surface area contributed by atoms with E-state index in [9.17, 15) is 22.0 Å². The van der Waals surface area contributed by atoms with E-state index in [0.29, 0.717) is 11.6 Å². The fourth-order valence-corrected chi connectivity index (χ4v) is 5.21. The van der Waals surface area contributed by atoms with Crippen LogP contribution in [0.3, 0.4) is 0 Å². The Kier molecular flexibility index (Phi) is 10.2. The van der Waals surface area contributed by atoms with Crippen LogP contribution in [-0.2, 0) is 12.5 Å². The van der Waals surface area contributed by atoms with Crippen molar-refractivity contribution in [2.24, 2.45) is 0 Å². The van der Waals surface area contributed by atoms with Gasteiger partial charge >= 0.3 is 6.11 Å². The molecule has 5 aromatic carbocycles. The van der Waals surface area contributed by atoms with E-state index in [1.54, 1.807) is 12.1 Å². The summed E-state index contributed by atoms with van der Waals surface area (Å²) >= 11 is 0. The first-order valence-corrected chi connectivity index (χ1v) is 14.7. The Morgan fingerprint density at radius 3 is 1.70 bits per heavy atom. The van der Waals surface area contributed by atoms with Crippen molar-refractivity contribution in [3.63, 3.8) is 0 Å². The van der Waals surface area contributed by atoms with Gasteiger partial charge in [-0.05, 0) is 83.1 Å². The van der Waals surface area contributed by atoms with Gasteiger partial charge in [0.05, 0.1) is 0 Å². The highest BCUT2D eigenvalue weighted by Gasteiger charge is 2.41. The number of benzene rings is 5. The predicted molar refractivity (Wildman–Crippen MR) is 163 cm³/mol. The lowest BCUT2D eigenvalue weighted by atomic mass is 9.99. The van der Waals surface area contributed by atoms with E-state index < -0.39 is 53.4 Å².